The Morgan fingerprint density at radius 1 is 1.53 bits per heavy atom. The summed E-state index contributed by atoms with van der Waals surface area (Å²) >= 11 is 0. The average Bonchev–Trinajstić information content (AvgIpc) is 2.45. The molecule has 1 fully saturated rings. The lowest BCUT2D eigenvalue weighted by Gasteiger charge is -2.28. The third kappa shape index (κ3) is 3.44. The van der Waals surface area contributed by atoms with Gasteiger partial charge in [-0.2, -0.15) is 5.26 Å². The molecule has 5 heteroatoms. The maximum absolute atomic E-state index is 11.2. The second-order valence-corrected chi connectivity index (χ2v) is 4.91. The van der Waals surface area contributed by atoms with Crippen LogP contribution in [-0.4, -0.2) is 22.6 Å². The molecule has 1 heterocycles. The van der Waals surface area contributed by atoms with Gasteiger partial charge in [0.05, 0.1) is 17.6 Å². The molecule has 0 aromatic carbocycles. The molecule has 1 aromatic heterocycles. The molecule has 5 nitrogen and oxygen atoms in total. The van der Waals surface area contributed by atoms with E-state index in [2.05, 4.69) is 16.4 Å². The highest BCUT2D eigenvalue weighted by molar-refractivity contribution is 5.70. The fraction of sp³-hybridized carbons (Fsp3) is 0.500. The standard InChI is InChI=1S/C14H17N3O2/c15-8-10-5-6-16-13(7-10)17-9-11-3-1-2-4-12(11)14(18)19/h5-7,11-12H,1-4,9H2,(H,16,17)(H,18,19). The fourth-order valence-electron chi connectivity index (χ4n) is 2.61. The smallest absolute Gasteiger partial charge is 0.306 e. The van der Waals surface area contributed by atoms with E-state index in [1.54, 1.807) is 18.3 Å². The van der Waals surface area contributed by atoms with E-state index in [0.29, 0.717) is 17.9 Å². The highest BCUT2D eigenvalue weighted by atomic mass is 16.4. The highest BCUT2D eigenvalue weighted by Crippen LogP contribution is 2.30. The molecule has 2 N–H and O–H groups in total. The molecule has 0 saturated heterocycles. The topological polar surface area (TPSA) is 86.0 Å². The Labute approximate surface area is 112 Å². The molecule has 2 atom stereocenters. The van der Waals surface area contributed by atoms with Crippen LogP contribution in [0.2, 0.25) is 0 Å². The Balaban J connectivity index is 1.96. The molecule has 1 aromatic rings. The lowest BCUT2D eigenvalue weighted by atomic mass is 9.79. The number of pyridine rings is 1. The van der Waals surface area contributed by atoms with Gasteiger partial charge >= 0.3 is 5.97 Å². The monoisotopic (exact) mass is 259 g/mol. The molecule has 19 heavy (non-hydrogen) atoms. The minimum absolute atomic E-state index is 0.138. The first kappa shape index (κ1) is 13.3. The van der Waals surface area contributed by atoms with Crippen LogP contribution in [0.3, 0.4) is 0 Å². The van der Waals surface area contributed by atoms with E-state index in [4.69, 9.17) is 5.26 Å². The Kier molecular flexibility index (Phi) is 4.35. The van der Waals surface area contributed by atoms with Gasteiger partial charge in [0.15, 0.2) is 0 Å². The number of nitrogens with one attached hydrogen (secondary N) is 1. The number of carboxylic acid groups (broad SMARTS) is 1. The first-order valence-electron chi connectivity index (χ1n) is 6.53. The minimum Gasteiger partial charge on any atom is -0.481 e. The van der Waals surface area contributed by atoms with Crippen LogP contribution in [0.25, 0.3) is 0 Å². The second-order valence-electron chi connectivity index (χ2n) is 4.91. The van der Waals surface area contributed by atoms with Gasteiger partial charge in [0.2, 0.25) is 0 Å². The summed E-state index contributed by atoms with van der Waals surface area (Å²) in [6.45, 7) is 0.596. The van der Waals surface area contributed by atoms with Crippen molar-refractivity contribution in [3.8, 4) is 6.07 Å². The van der Waals surface area contributed by atoms with Gasteiger partial charge in [-0.05, 0) is 30.9 Å². The SMILES string of the molecule is N#Cc1ccnc(NCC2CCCCC2C(=O)O)c1. The van der Waals surface area contributed by atoms with Crippen molar-refractivity contribution >= 4 is 11.8 Å². The van der Waals surface area contributed by atoms with Crippen LogP contribution in [0.4, 0.5) is 5.82 Å². The van der Waals surface area contributed by atoms with Crippen molar-refractivity contribution in [2.24, 2.45) is 11.8 Å². The lowest BCUT2D eigenvalue weighted by molar-refractivity contribution is -0.144. The van der Waals surface area contributed by atoms with Gasteiger partial charge in [-0.3, -0.25) is 4.79 Å². The normalized spacial score (nSPS) is 22.5. The summed E-state index contributed by atoms with van der Waals surface area (Å²) in [7, 11) is 0. The van der Waals surface area contributed by atoms with Crippen LogP contribution in [0.5, 0.6) is 0 Å². The number of hydrogen-bond donors (Lipinski definition) is 2. The van der Waals surface area contributed by atoms with E-state index in [0.717, 1.165) is 25.7 Å². The molecule has 2 unspecified atom stereocenters. The molecule has 2 rings (SSSR count). The molecule has 1 aliphatic rings. The number of aliphatic carboxylic acids is 1. The van der Waals surface area contributed by atoms with Crippen LogP contribution < -0.4 is 5.32 Å². The van der Waals surface area contributed by atoms with Gasteiger partial charge in [0.1, 0.15) is 5.82 Å². The van der Waals surface area contributed by atoms with Crippen molar-refractivity contribution < 1.29 is 9.90 Å². The summed E-state index contributed by atoms with van der Waals surface area (Å²) in [5.41, 5.74) is 0.552. The zero-order chi connectivity index (χ0) is 13.7. The van der Waals surface area contributed by atoms with Crippen LogP contribution in [0.15, 0.2) is 18.3 Å². The Hall–Kier alpha value is -2.09. The average molecular weight is 259 g/mol. The summed E-state index contributed by atoms with van der Waals surface area (Å²) in [5, 5.41) is 21.2. The van der Waals surface area contributed by atoms with E-state index >= 15 is 0 Å². The number of nitriles is 1. The van der Waals surface area contributed by atoms with Crippen LogP contribution >= 0.6 is 0 Å². The zero-order valence-electron chi connectivity index (χ0n) is 10.7. The molecule has 0 radical (unpaired) electrons. The Morgan fingerprint density at radius 2 is 2.32 bits per heavy atom. The van der Waals surface area contributed by atoms with Gasteiger partial charge in [-0.15, -0.1) is 0 Å². The third-order valence-electron chi connectivity index (χ3n) is 3.66. The molecule has 1 saturated carbocycles. The third-order valence-corrected chi connectivity index (χ3v) is 3.66. The molecule has 0 bridgehead atoms. The van der Waals surface area contributed by atoms with Crippen molar-refractivity contribution in [1.29, 1.82) is 5.26 Å². The van der Waals surface area contributed by atoms with Crippen molar-refractivity contribution in [2.75, 3.05) is 11.9 Å². The van der Waals surface area contributed by atoms with Crippen molar-refractivity contribution in [1.82, 2.24) is 4.98 Å². The molecule has 0 amide bonds. The largest absolute Gasteiger partial charge is 0.481 e. The van der Waals surface area contributed by atoms with Gasteiger partial charge in [0, 0.05) is 12.7 Å². The first-order valence-corrected chi connectivity index (χ1v) is 6.53. The number of anilines is 1. The van der Waals surface area contributed by atoms with Crippen LogP contribution in [-0.2, 0) is 4.79 Å². The summed E-state index contributed by atoms with van der Waals surface area (Å²) in [6.07, 6.45) is 5.35. The molecule has 100 valence electrons. The second kappa shape index (κ2) is 6.19. The predicted octanol–water partition coefficient (Wildman–Crippen LogP) is 2.26. The van der Waals surface area contributed by atoms with Gasteiger partial charge < -0.3 is 10.4 Å². The van der Waals surface area contributed by atoms with E-state index in [1.165, 1.54) is 0 Å². The summed E-state index contributed by atoms with van der Waals surface area (Å²) in [4.78, 5) is 15.3. The van der Waals surface area contributed by atoms with Crippen LogP contribution in [0, 0.1) is 23.2 Å². The lowest BCUT2D eigenvalue weighted by Crippen LogP contribution is -2.31. The number of nitrogens with zero attached hydrogens (tertiary/aromatic N) is 2. The van der Waals surface area contributed by atoms with Gasteiger partial charge in [-0.25, -0.2) is 4.98 Å². The summed E-state index contributed by atoms with van der Waals surface area (Å²) in [5.74, 6) is -0.196. The van der Waals surface area contributed by atoms with E-state index < -0.39 is 5.97 Å². The van der Waals surface area contributed by atoms with Crippen LogP contribution in [0.1, 0.15) is 31.2 Å². The summed E-state index contributed by atoms with van der Waals surface area (Å²) in [6, 6.07) is 5.38. The van der Waals surface area contributed by atoms with E-state index in [1.807, 2.05) is 0 Å². The minimum atomic E-state index is -0.703. The van der Waals surface area contributed by atoms with Gasteiger partial charge in [-0.1, -0.05) is 12.8 Å². The number of carboxylic acids is 1. The Morgan fingerprint density at radius 3 is 3.05 bits per heavy atom. The molecule has 1 aliphatic carbocycles. The Bertz CT molecular complexity index is 496. The predicted molar refractivity (Wildman–Crippen MR) is 70.5 cm³/mol. The zero-order valence-corrected chi connectivity index (χ0v) is 10.7. The quantitative estimate of drug-likeness (QED) is 0.866. The molecule has 0 aliphatic heterocycles. The number of carbonyl (C=O) groups is 1. The van der Waals surface area contributed by atoms with Crippen molar-refractivity contribution in [3.63, 3.8) is 0 Å². The fourth-order valence-corrected chi connectivity index (χ4v) is 2.61. The number of hydrogen-bond acceptors (Lipinski definition) is 4. The highest BCUT2D eigenvalue weighted by Gasteiger charge is 2.30. The summed E-state index contributed by atoms with van der Waals surface area (Å²) < 4.78 is 0. The van der Waals surface area contributed by atoms with Gasteiger partial charge in [0.25, 0.3) is 0 Å². The number of aromatic nitrogens is 1. The molecular weight excluding hydrogens is 242 g/mol. The molecular formula is C14H17N3O2. The maximum Gasteiger partial charge on any atom is 0.306 e. The maximum atomic E-state index is 11.2. The van der Waals surface area contributed by atoms with E-state index in [9.17, 15) is 9.90 Å². The van der Waals surface area contributed by atoms with Crippen molar-refractivity contribution in [3.05, 3.63) is 23.9 Å². The van der Waals surface area contributed by atoms with E-state index in [-0.39, 0.29) is 11.8 Å². The first-order chi connectivity index (χ1) is 9.20. The number of rotatable bonds is 4. The van der Waals surface area contributed by atoms with Crippen molar-refractivity contribution in [2.45, 2.75) is 25.7 Å². The molecule has 0 spiro atoms.